The van der Waals surface area contributed by atoms with Crippen molar-refractivity contribution in [2.24, 2.45) is 0 Å². The summed E-state index contributed by atoms with van der Waals surface area (Å²) in [7, 11) is 0. The summed E-state index contributed by atoms with van der Waals surface area (Å²) in [6.45, 7) is -3.09. The minimum Gasteiger partial charge on any atom is -0.434 e. The molecule has 0 atom stereocenters. The normalized spacial score (nSPS) is 10.4. The van der Waals surface area contributed by atoms with Crippen LogP contribution in [0.3, 0.4) is 0 Å². The number of halogens is 4. The van der Waals surface area contributed by atoms with Crippen molar-refractivity contribution >= 4 is 16.8 Å². The van der Waals surface area contributed by atoms with Gasteiger partial charge in [0.2, 0.25) is 0 Å². The predicted molar refractivity (Wildman–Crippen MR) is 43.2 cm³/mol. The quantitative estimate of drug-likeness (QED) is 0.738. The third kappa shape index (κ3) is 2.63. The monoisotopic (exact) mass is 224 g/mol. The molecular formula is C8H4ClF3O2. The van der Waals surface area contributed by atoms with Gasteiger partial charge in [-0.15, -0.1) is 0 Å². The summed E-state index contributed by atoms with van der Waals surface area (Å²) >= 11 is 5.03. The van der Waals surface area contributed by atoms with Crippen molar-refractivity contribution in [3.63, 3.8) is 0 Å². The second-order valence-corrected chi connectivity index (χ2v) is 2.64. The molecular weight excluding hydrogens is 221 g/mol. The number of hydrogen-bond donors (Lipinski definition) is 0. The molecule has 0 N–H and O–H groups in total. The van der Waals surface area contributed by atoms with Crippen LogP contribution in [0.1, 0.15) is 10.4 Å². The van der Waals surface area contributed by atoms with E-state index in [1.54, 1.807) is 0 Å². The molecule has 14 heavy (non-hydrogen) atoms. The largest absolute Gasteiger partial charge is 0.434 e. The molecule has 1 rings (SSSR count). The molecule has 6 heteroatoms. The molecule has 0 amide bonds. The van der Waals surface area contributed by atoms with Crippen LogP contribution in [0, 0.1) is 5.82 Å². The van der Waals surface area contributed by atoms with Crippen LogP contribution in [0.4, 0.5) is 13.2 Å². The number of hydrogen-bond acceptors (Lipinski definition) is 2. The summed E-state index contributed by atoms with van der Waals surface area (Å²) in [5, 5.41) is -1.06. The lowest BCUT2D eigenvalue weighted by atomic mass is 10.2. The maximum absolute atomic E-state index is 12.6. The van der Waals surface area contributed by atoms with E-state index < -0.39 is 29.0 Å². The molecule has 1 aromatic rings. The van der Waals surface area contributed by atoms with E-state index in [1.165, 1.54) is 0 Å². The summed E-state index contributed by atoms with van der Waals surface area (Å²) in [4.78, 5) is 10.7. The summed E-state index contributed by atoms with van der Waals surface area (Å²) in [5.41, 5.74) is -0.424. The fourth-order valence-corrected chi connectivity index (χ4v) is 1.00. The minimum absolute atomic E-state index is 0.424. The first kappa shape index (κ1) is 10.8. The topological polar surface area (TPSA) is 26.3 Å². The number of ether oxygens (including phenoxy) is 1. The summed E-state index contributed by atoms with van der Waals surface area (Å²) in [5.74, 6) is -1.20. The Bertz CT molecular complexity index is 354. The van der Waals surface area contributed by atoms with Gasteiger partial charge in [0.05, 0.1) is 5.56 Å². The molecule has 2 nitrogen and oxygen atoms in total. The van der Waals surface area contributed by atoms with Gasteiger partial charge in [-0.05, 0) is 29.8 Å². The van der Waals surface area contributed by atoms with Gasteiger partial charge in [-0.1, -0.05) is 0 Å². The molecule has 0 heterocycles. The van der Waals surface area contributed by atoms with Gasteiger partial charge < -0.3 is 4.74 Å². The maximum atomic E-state index is 12.6. The maximum Gasteiger partial charge on any atom is 0.387 e. The van der Waals surface area contributed by atoms with E-state index in [-0.39, 0.29) is 0 Å². The van der Waals surface area contributed by atoms with E-state index in [9.17, 15) is 18.0 Å². The van der Waals surface area contributed by atoms with Crippen molar-refractivity contribution in [1.29, 1.82) is 0 Å². The lowest BCUT2D eigenvalue weighted by Gasteiger charge is -2.07. The van der Waals surface area contributed by atoms with Crippen molar-refractivity contribution in [3.05, 3.63) is 29.6 Å². The van der Waals surface area contributed by atoms with E-state index in [0.717, 1.165) is 18.2 Å². The minimum atomic E-state index is -3.09. The Hall–Kier alpha value is -1.23. The second kappa shape index (κ2) is 4.32. The Morgan fingerprint density at radius 1 is 1.43 bits per heavy atom. The zero-order valence-corrected chi connectivity index (χ0v) is 7.39. The van der Waals surface area contributed by atoms with Crippen molar-refractivity contribution in [2.45, 2.75) is 6.61 Å². The fourth-order valence-electron chi connectivity index (χ4n) is 0.855. The SMILES string of the molecule is O=C(Cl)c1cc(F)ccc1OC(F)F. The van der Waals surface area contributed by atoms with Gasteiger partial charge in [0.1, 0.15) is 11.6 Å². The molecule has 0 aliphatic carbocycles. The molecule has 0 bridgehead atoms. The molecule has 0 aliphatic heterocycles. The first-order valence-electron chi connectivity index (χ1n) is 3.45. The van der Waals surface area contributed by atoms with Gasteiger partial charge in [0, 0.05) is 0 Å². The molecule has 0 unspecified atom stereocenters. The number of carbonyl (C=O) groups is 1. The fraction of sp³-hybridized carbons (Fsp3) is 0.125. The molecule has 0 fully saturated rings. The number of rotatable bonds is 3. The van der Waals surface area contributed by atoms with Crippen molar-refractivity contribution in [3.8, 4) is 5.75 Å². The molecule has 0 aromatic heterocycles. The Balaban J connectivity index is 3.08. The highest BCUT2D eigenvalue weighted by atomic mass is 35.5. The lowest BCUT2D eigenvalue weighted by molar-refractivity contribution is -0.0501. The van der Waals surface area contributed by atoms with Gasteiger partial charge >= 0.3 is 6.61 Å². The first-order valence-corrected chi connectivity index (χ1v) is 3.82. The van der Waals surface area contributed by atoms with Crippen molar-refractivity contribution in [2.75, 3.05) is 0 Å². The van der Waals surface area contributed by atoms with Crippen LogP contribution in [0.25, 0.3) is 0 Å². The van der Waals surface area contributed by atoms with E-state index in [0.29, 0.717) is 0 Å². The molecule has 0 saturated carbocycles. The molecule has 0 radical (unpaired) electrons. The predicted octanol–water partition coefficient (Wildman–Crippen LogP) is 2.81. The van der Waals surface area contributed by atoms with Crippen LogP contribution in [0.2, 0.25) is 0 Å². The third-order valence-electron chi connectivity index (χ3n) is 1.37. The lowest BCUT2D eigenvalue weighted by Crippen LogP contribution is -2.06. The van der Waals surface area contributed by atoms with E-state index >= 15 is 0 Å². The van der Waals surface area contributed by atoms with Gasteiger partial charge in [-0.2, -0.15) is 8.78 Å². The molecule has 76 valence electrons. The van der Waals surface area contributed by atoms with E-state index in [4.69, 9.17) is 11.6 Å². The van der Waals surface area contributed by atoms with Crippen molar-refractivity contribution in [1.82, 2.24) is 0 Å². The highest BCUT2D eigenvalue weighted by Crippen LogP contribution is 2.23. The Morgan fingerprint density at radius 2 is 2.07 bits per heavy atom. The van der Waals surface area contributed by atoms with Gasteiger partial charge in [0.25, 0.3) is 5.24 Å². The molecule has 0 spiro atoms. The highest BCUT2D eigenvalue weighted by molar-refractivity contribution is 6.68. The van der Waals surface area contributed by atoms with Gasteiger partial charge in [0.15, 0.2) is 0 Å². The average molecular weight is 225 g/mol. The van der Waals surface area contributed by atoms with E-state index in [1.807, 2.05) is 0 Å². The second-order valence-electron chi connectivity index (χ2n) is 2.29. The number of carbonyl (C=O) groups excluding carboxylic acids is 1. The summed E-state index contributed by atoms with van der Waals surface area (Å²) in [6, 6.07) is 2.53. The van der Waals surface area contributed by atoms with Crippen LogP contribution in [0.5, 0.6) is 5.75 Å². The molecule has 0 saturated heterocycles. The summed E-state index contributed by atoms with van der Waals surface area (Å²) in [6.07, 6.45) is 0. The van der Waals surface area contributed by atoms with Crippen molar-refractivity contribution < 1.29 is 22.7 Å². The number of alkyl halides is 2. The standard InChI is InChI=1S/C8H4ClF3O2/c9-7(13)5-3-4(10)1-2-6(5)14-8(11)12/h1-3,8H. The molecule has 0 aliphatic rings. The van der Waals surface area contributed by atoms with Crippen LogP contribution in [-0.2, 0) is 0 Å². The Morgan fingerprint density at radius 3 is 2.57 bits per heavy atom. The zero-order valence-electron chi connectivity index (χ0n) is 6.64. The van der Waals surface area contributed by atoms with Gasteiger partial charge in [-0.25, -0.2) is 4.39 Å². The smallest absolute Gasteiger partial charge is 0.387 e. The highest BCUT2D eigenvalue weighted by Gasteiger charge is 2.14. The van der Waals surface area contributed by atoms with Crippen LogP contribution < -0.4 is 4.74 Å². The van der Waals surface area contributed by atoms with Crippen LogP contribution >= 0.6 is 11.6 Å². The zero-order chi connectivity index (χ0) is 10.7. The molecule has 1 aromatic carbocycles. The Labute approximate surface area is 82.2 Å². The average Bonchev–Trinajstić information content (AvgIpc) is 2.07. The first-order chi connectivity index (χ1) is 6.50. The van der Waals surface area contributed by atoms with E-state index in [2.05, 4.69) is 4.74 Å². The van der Waals surface area contributed by atoms with Gasteiger partial charge in [-0.3, -0.25) is 4.79 Å². The third-order valence-corrected chi connectivity index (χ3v) is 1.57. The Kier molecular flexibility index (Phi) is 3.35. The summed E-state index contributed by atoms with van der Waals surface area (Å²) < 4.78 is 40.1. The van der Waals surface area contributed by atoms with Crippen LogP contribution in [-0.4, -0.2) is 11.9 Å². The number of benzene rings is 1. The van der Waals surface area contributed by atoms with Crippen LogP contribution in [0.15, 0.2) is 18.2 Å².